The van der Waals surface area contributed by atoms with Crippen molar-refractivity contribution in [3.8, 4) is 5.75 Å². The van der Waals surface area contributed by atoms with Gasteiger partial charge in [0.25, 0.3) is 0 Å². The van der Waals surface area contributed by atoms with Crippen molar-refractivity contribution in [1.29, 1.82) is 0 Å². The zero-order valence-corrected chi connectivity index (χ0v) is 12.0. The second kappa shape index (κ2) is 8.22. The van der Waals surface area contributed by atoms with E-state index in [0.717, 1.165) is 12.2 Å². The first-order valence-electron chi connectivity index (χ1n) is 6.56. The summed E-state index contributed by atoms with van der Waals surface area (Å²) in [5.74, 6) is 0.812. The molecule has 0 saturated carbocycles. The highest BCUT2D eigenvalue weighted by Gasteiger charge is 2.00. The Hall–Kier alpha value is -2.01. The van der Waals surface area contributed by atoms with Crippen LogP contribution in [0.25, 0.3) is 0 Å². The molecule has 0 bridgehead atoms. The minimum atomic E-state index is -0.154. The van der Waals surface area contributed by atoms with Gasteiger partial charge >= 0.3 is 6.03 Å². The van der Waals surface area contributed by atoms with E-state index in [4.69, 9.17) is 4.74 Å². The quantitative estimate of drug-likeness (QED) is 0.770. The van der Waals surface area contributed by atoms with Gasteiger partial charge in [0.15, 0.2) is 0 Å². The van der Waals surface area contributed by atoms with Crippen molar-refractivity contribution < 1.29 is 9.53 Å². The minimum absolute atomic E-state index is 0.154. The number of urea groups is 1. The Labute approximate surface area is 122 Å². The fourth-order valence-corrected chi connectivity index (χ4v) is 2.38. The fourth-order valence-electron chi connectivity index (χ4n) is 1.67. The summed E-state index contributed by atoms with van der Waals surface area (Å²) in [5.41, 5.74) is 0. The molecular weight excluding hydrogens is 272 g/mol. The van der Waals surface area contributed by atoms with Crippen molar-refractivity contribution in [2.75, 3.05) is 19.7 Å². The van der Waals surface area contributed by atoms with Gasteiger partial charge in [-0.05, 0) is 30.0 Å². The molecule has 0 radical (unpaired) electrons. The summed E-state index contributed by atoms with van der Waals surface area (Å²) in [6.07, 6.45) is 0.867. The van der Waals surface area contributed by atoms with Crippen molar-refractivity contribution in [2.45, 2.75) is 6.42 Å². The van der Waals surface area contributed by atoms with Crippen molar-refractivity contribution in [3.05, 3.63) is 52.7 Å². The Bertz CT molecular complexity index is 500. The van der Waals surface area contributed by atoms with E-state index in [1.165, 1.54) is 4.88 Å². The third-order valence-electron chi connectivity index (χ3n) is 2.64. The topological polar surface area (TPSA) is 50.4 Å². The van der Waals surface area contributed by atoms with Crippen LogP contribution in [0.2, 0.25) is 0 Å². The molecule has 20 heavy (non-hydrogen) atoms. The molecule has 5 heteroatoms. The highest BCUT2D eigenvalue weighted by molar-refractivity contribution is 7.09. The summed E-state index contributed by atoms with van der Waals surface area (Å²) < 4.78 is 5.48. The summed E-state index contributed by atoms with van der Waals surface area (Å²) in [6, 6.07) is 13.5. The van der Waals surface area contributed by atoms with Crippen LogP contribution in [0.5, 0.6) is 5.75 Å². The second-order valence-corrected chi connectivity index (χ2v) is 5.21. The van der Waals surface area contributed by atoms with Gasteiger partial charge in [-0.3, -0.25) is 0 Å². The number of carbonyl (C=O) groups excluding carboxylic acids is 1. The third-order valence-corrected chi connectivity index (χ3v) is 3.57. The Kier molecular flexibility index (Phi) is 5.92. The molecular formula is C15H18N2O2S. The Morgan fingerprint density at radius 1 is 1.05 bits per heavy atom. The number of para-hydroxylation sites is 1. The van der Waals surface area contributed by atoms with Gasteiger partial charge in [-0.2, -0.15) is 0 Å². The van der Waals surface area contributed by atoms with E-state index in [1.807, 2.05) is 41.8 Å². The van der Waals surface area contributed by atoms with E-state index in [-0.39, 0.29) is 6.03 Å². The van der Waals surface area contributed by atoms with Crippen molar-refractivity contribution in [1.82, 2.24) is 10.6 Å². The van der Waals surface area contributed by atoms with E-state index < -0.39 is 0 Å². The van der Waals surface area contributed by atoms with Crippen molar-refractivity contribution in [3.63, 3.8) is 0 Å². The molecule has 0 fully saturated rings. The van der Waals surface area contributed by atoms with E-state index >= 15 is 0 Å². The molecule has 1 aromatic heterocycles. The zero-order chi connectivity index (χ0) is 14.0. The molecule has 1 aromatic carbocycles. The maximum absolute atomic E-state index is 11.5. The van der Waals surface area contributed by atoms with Gasteiger partial charge in [0.2, 0.25) is 0 Å². The number of thiophene rings is 1. The fraction of sp³-hybridized carbons (Fsp3) is 0.267. The van der Waals surface area contributed by atoms with Crippen LogP contribution in [0.1, 0.15) is 4.88 Å². The van der Waals surface area contributed by atoms with Crippen LogP contribution in [-0.4, -0.2) is 25.7 Å². The number of benzene rings is 1. The van der Waals surface area contributed by atoms with Crippen molar-refractivity contribution >= 4 is 17.4 Å². The number of carbonyl (C=O) groups is 1. The predicted molar refractivity (Wildman–Crippen MR) is 81.4 cm³/mol. The molecule has 0 saturated heterocycles. The molecule has 0 aliphatic rings. The van der Waals surface area contributed by atoms with Crippen LogP contribution in [0.15, 0.2) is 47.8 Å². The number of ether oxygens (including phenoxy) is 1. The van der Waals surface area contributed by atoms with E-state index in [9.17, 15) is 4.79 Å². The average molecular weight is 290 g/mol. The number of hydrogen-bond acceptors (Lipinski definition) is 3. The molecule has 0 atom stereocenters. The number of rotatable bonds is 7. The molecule has 0 spiro atoms. The third kappa shape index (κ3) is 5.32. The SMILES string of the molecule is O=C(NCCOc1ccccc1)NCCc1cccs1. The van der Waals surface area contributed by atoms with Gasteiger partial charge < -0.3 is 15.4 Å². The molecule has 2 amide bonds. The second-order valence-electron chi connectivity index (χ2n) is 4.17. The van der Waals surface area contributed by atoms with Gasteiger partial charge in [-0.25, -0.2) is 4.79 Å². The van der Waals surface area contributed by atoms with Crippen LogP contribution >= 0.6 is 11.3 Å². The number of amides is 2. The summed E-state index contributed by atoms with van der Waals surface area (Å²) in [7, 11) is 0. The molecule has 1 heterocycles. The van der Waals surface area contributed by atoms with Crippen LogP contribution in [0, 0.1) is 0 Å². The highest BCUT2D eigenvalue weighted by Crippen LogP contribution is 2.08. The van der Waals surface area contributed by atoms with E-state index in [1.54, 1.807) is 11.3 Å². The van der Waals surface area contributed by atoms with Gasteiger partial charge in [-0.1, -0.05) is 24.3 Å². The Morgan fingerprint density at radius 3 is 2.60 bits per heavy atom. The minimum Gasteiger partial charge on any atom is -0.492 e. The van der Waals surface area contributed by atoms with Crippen LogP contribution in [0.4, 0.5) is 4.79 Å². The maximum atomic E-state index is 11.5. The molecule has 2 N–H and O–H groups in total. The predicted octanol–water partition coefficient (Wildman–Crippen LogP) is 2.67. The molecule has 2 rings (SSSR count). The molecule has 0 aliphatic carbocycles. The lowest BCUT2D eigenvalue weighted by atomic mass is 10.3. The van der Waals surface area contributed by atoms with Crippen LogP contribution in [-0.2, 0) is 6.42 Å². The number of hydrogen-bond donors (Lipinski definition) is 2. The molecule has 2 aromatic rings. The average Bonchev–Trinajstić information content (AvgIpc) is 2.98. The largest absolute Gasteiger partial charge is 0.492 e. The van der Waals surface area contributed by atoms with Crippen LogP contribution in [0.3, 0.4) is 0 Å². The van der Waals surface area contributed by atoms with E-state index in [2.05, 4.69) is 16.7 Å². The van der Waals surface area contributed by atoms with Gasteiger partial charge in [0, 0.05) is 11.4 Å². The first-order chi connectivity index (χ1) is 9.84. The Balaban J connectivity index is 1.52. The summed E-state index contributed by atoms with van der Waals surface area (Å²) in [6.45, 7) is 1.59. The molecule has 0 unspecified atom stereocenters. The smallest absolute Gasteiger partial charge is 0.314 e. The van der Waals surface area contributed by atoms with Gasteiger partial charge in [0.05, 0.1) is 6.54 Å². The number of nitrogens with one attached hydrogen (secondary N) is 2. The van der Waals surface area contributed by atoms with Gasteiger partial charge in [0.1, 0.15) is 12.4 Å². The maximum Gasteiger partial charge on any atom is 0.314 e. The van der Waals surface area contributed by atoms with Crippen molar-refractivity contribution in [2.24, 2.45) is 0 Å². The normalized spacial score (nSPS) is 10.0. The standard InChI is InChI=1S/C15H18N2O2S/c18-15(16-9-8-14-7-4-12-20-14)17-10-11-19-13-5-2-1-3-6-13/h1-7,12H,8-11H2,(H2,16,17,18). The highest BCUT2D eigenvalue weighted by atomic mass is 32.1. The molecule has 0 aliphatic heterocycles. The van der Waals surface area contributed by atoms with Gasteiger partial charge in [-0.15, -0.1) is 11.3 Å². The molecule has 4 nitrogen and oxygen atoms in total. The van der Waals surface area contributed by atoms with Crippen LogP contribution < -0.4 is 15.4 Å². The summed E-state index contributed by atoms with van der Waals surface area (Å²) in [4.78, 5) is 12.8. The lowest BCUT2D eigenvalue weighted by Crippen LogP contribution is -2.38. The first kappa shape index (κ1) is 14.4. The summed E-state index contributed by atoms with van der Waals surface area (Å²) in [5, 5.41) is 7.62. The zero-order valence-electron chi connectivity index (χ0n) is 11.2. The lowest BCUT2D eigenvalue weighted by molar-refractivity contribution is 0.236. The summed E-state index contributed by atoms with van der Waals surface area (Å²) >= 11 is 1.70. The monoisotopic (exact) mass is 290 g/mol. The molecule has 106 valence electrons. The lowest BCUT2D eigenvalue weighted by Gasteiger charge is -2.08. The Morgan fingerprint density at radius 2 is 1.85 bits per heavy atom. The van der Waals surface area contributed by atoms with E-state index in [0.29, 0.717) is 19.7 Å². The first-order valence-corrected chi connectivity index (χ1v) is 7.44.